The van der Waals surface area contributed by atoms with Crippen LogP contribution in [0.3, 0.4) is 0 Å². The summed E-state index contributed by atoms with van der Waals surface area (Å²) in [6, 6.07) is 8.22. The van der Waals surface area contributed by atoms with Gasteiger partial charge in [-0.05, 0) is 11.6 Å². The lowest BCUT2D eigenvalue weighted by Gasteiger charge is -2.27. The maximum absolute atomic E-state index is 6.01. The molecule has 1 atom stereocenters. The summed E-state index contributed by atoms with van der Waals surface area (Å²) in [5, 5.41) is 0. The van der Waals surface area contributed by atoms with Gasteiger partial charge in [-0.25, -0.2) is 9.97 Å². The van der Waals surface area contributed by atoms with E-state index in [1.54, 1.807) is 6.33 Å². The maximum atomic E-state index is 6.01. The van der Waals surface area contributed by atoms with E-state index >= 15 is 0 Å². The van der Waals surface area contributed by atoms with Crippen LogP contribution >= 0.6 is 0 Å². The number of aromatic nitrogens is 2. The Labute approximate surface area is 135 Å². The molecule has 2 aromatic rings. The summed E-state index contributed by atoms with van der Waals surface area (Å²) in [4.78, 5) is 11.1. The minimum Gasteiger partial charge on any atom is -0.488 e. The molecule has 0 bridgehead atoms. The molecule has 3 heterocycles. The molecule has 1 saturated heterocycles. The number of ether oxygens (including phenoxy) is 2. The zero-order valence-corrected chi connectivity index (χ0v) is 12.9. The van der Waals surface area contributed by atoms with Gasteiger partial charge in [0.15, 0.2) is 0 Å². The fraction of sp³-hybridized carbons (Fsp3) is 0.412. The number of hydrogen-bond donors (Lipinski definition) is 1. The average molecular weight is 312 g/mol. The van der Waals surface area contributed by atoms with Gasteiger partial charge in [0.2, 0.25) is 0 Å². The first-order valence-electron chi connectivity index (χ1n) is 7.99. The van der Waals surface area contributed by atoms with E-state index in [2.05, 4.69) is 20.9 Å². The van der Waals surface area contributed by atoms with Crippen LogP contribution in [0, 0.1) is 0 Å². The highest BCUT2D eigenvalue weighted by Crippen LogP contribution is 2.38. The van der Waals surface area contributed by atoms with E-state index in [1.165, 1.54) is 5.56 Å². The van der Waals surface area contributed by atoms with Crippen LogP contribution in [0.15, 0.2) is 30.6 Å². The molecule has 120 valence electrons. The van der Waals surface area contributed by atoms with E-state index in [1.807, 2.05) is 18.2 Å². The quantitative estimate of drug-likeness (QED) is 0.919. The lowest BCUT2D eigenvalue weighted by atomic mass is 10.0. The molecule has 0 amide bonds. The predicted molar refractivity (Wildman–Crippen MR) is 87.7 cm³/mol. The van der Waals surface area contributed by atoms with Crippen molar-refractivity contribution in [3.63, 3.8) is 0 Å². The molecular weight excluding hydrogens is 292 g/mol. The third-order valence-electron chi connectivity index (χ3n) is 4.36. The van der Waals surface area contributed by atoms with Gasteiger partial charge in [-0.15, -0.1) is 0 Å². The first kappa shape index (κ1) is 14.4. The van der Waals surface area contributed by atoms with Crippen LogP contribution < -0.4 is 15.4 Å². The molecule has 6 nitrogen and oxygen atoms in total. The number of rotatable bonds is 3. The Balaban J connectivity index is 1.68. The van der Waals surface area contributed by atoms with Gasteiger partial charge in [0.25, 0.3) is 0 Å². The van der Waals surface area contributed by atoms with Crippen molar-refractivity contribution in [3.8, 4) is 17.0 Å². The topological polar surface area (TPSA) is 73.5 Å². The zero-order valence-electron chi connectivity index (χ0n) is 12.9. The van der Waals surface area contributed by atoms with Crippen molar-refractivity contribution in [1.82, 2.24) is 9.97 Å². The van der Waals surface area contributed by atoms with Crippen LogP contribution in [0.5, 0.6) is 5.75 Å². The third-order valence-corrected chi connectivity index (χ3v) is 4.36. The summed E-state index contributed by atoms with van der Waals surface area (Å²) in [5.41, 5.74) is 8.85. The van der Waals surface area contributed by atoms with Crippen molar-refractivity contribution in [3.05, 3.63) is 36.2 Å². The molecule has 0 radical (unpaired) electrons. The van der Waals surface area contributed by atoms with Gasteiger partial charge in [-0.2, -0.15) is 0 Å². The molecule has 2 N–H and O–H groups in total. The second-order valence-corrected chi connectivity index (χ2v) is 5.83. The monoisotopic (exact) mass is 312 g/mol. The SMILES string of the molecule is NC[C@H]1Cc2cccc(-c3cc(N4CCOCC4)ncn3)c2O1. The van der Waals surface area contributed by atoms with Crippen molar-refractivity contribution < 1.29 is 9.47 Å². The molecule has 1 aromatic carbocycles. The van der Waals surface area contributed by atoms with Gasteiger partial charge in [0.1, 0.15) is 24.0 Å². The molecule has 0 spiro atoms. The summed E-state index contributed by atoms with van der Waals surface area (Å²) in [7, 11) is 0. The molecule has 0 saturated carbocycles. The largest absolute Gasteiger partial charge is 0.488 e. The standard InChI is InChI=1S/C17H20N4O2/c18-10-13-8-12-2-1-3-14(17(12)23-13)15-9-16(20-11-19-15)21-4-6-22-7-5-21/h1-3,9,11,13H,4-8,10,18H2/t13-/m1/s1. The van der Waals surface area contributed by atoms with Crippen LogP contribution in [0.25, 0.3) is 11.3 Å². The summed E-state index contributed by atoms with van der Waals surface area (Å²) in [5.74, 6) is 1.85. The van der Waals surface area contributed by atoms with Gasteiger partial charge < -0.3 is 20.1 Å². The van der Waals surface area contributed by atoms with E-state index in [4.69, 9.17) is 15.2 Å². The minimum absolute atomic E-state index is 0.0618. The smallest absolute Gasteiger partial charge is 0.132 e. The lowest BCUT2D eigenvalue weighted by Crippen LogP contribution is -2.36. The Hall–Kier alpha value is -2.18. The van der Waals surface area contributed by atoms with Crippen molar-refractivity contribution in [2.75, 3.05) is 37.7 Å². The number of morpholine rings is 1. The summed E-state index contributed by atoms with van der Waals surface area (Å²) < 4.78 is 11.4. The van der Waals surface area contributed by atoms with Crippen LogP contribution in [0.4, 0.5) is 5.82 Å². The Morgan fingerprint density at radius 1 is 1.22 bits per heavy atom. The van der Waals surface area contributed by atoms with Gasteiger partial charge in [-0.1, -0.05) is 12.1 Å². The fourth-order valence-corrected chi connectivity index (χ4v) is 3.13. The number of para-hydroxylation sites is 1. The molecule has 0 unspecified atom stereocenters. The highest BCUT2D eigenvalue weighted by Gasteiger charge is 2.25. The zero-order chi connectivity index (χ0) is 15.6. The average Bonchev–Trinajstić information content (AvgIpc) is 3.06. The van der Waals surface area contributed by atoms with Gasteiger partial charge in [-0.3, -0.25) is 0 Å². The molecule has 1 fully saturated rings. The Morgan fingerprint density at radius 2 is 2.09 bits per heavy atom. The highest BCUT2D eigenvalue weighted by atomic mass is 16.5. The van der Waals surface area contributed by atoms with Crippen molar-refractivity contribution in [2.24, 2.45) is 5.73 Å². The van der Waals surface area contributed by atoms with E-state index in [0.717, 1.165) is 55.5 Å². The number of fused-ring (bicyclic) bond motifs is 1. The second-order valence-electron chi connectivity index (χ2n) is 5.83. The Morgan fingerprint density at radius 3 is 2.91 bits per heavy atom. The first-order chi connectivity index (χ1) is 11.3. The normalized spacial score (nSPS) is 20.2. The van der Waals surface area contributed by atoms with E-state index < -0.39 is 0 Å². The number of benzene rings is 1. The van der Waals surface area contributed by atoms with Crippen molar-refractivity contribution in [1.29, 1.82) is 0 Å². The molecule has 2 aliphatic heterocycles. The fourth-order valence-electron chi connectivity index (χ4n) is 3.13. The van der Waals surface area contributed by atoms with Gasteiger partial charge in [0, 0.05) is 37.7 Å². The number of nitrogens with two attached hydrogens (primary N) is 1. The lowest BCUT2D eigenvalue weighted by molar-refractivity contribution is 0.122. The first-order valence-corrected chi connectivity index (χ1v) is 7.99. The molecule has 2 aliphatic rings. The highest BCUT2D eigenvalue weighted by molar-refractivity contribution is 5.72. The summed E-state index contributed by atoms with van der Waals surface area (Å²) >= 11 is 0. The van der Waals surface area contributed by atoms with Gasteiger partial charge >= 0.3 is 0 Å². The van der Waals surface area contributed by atoms with E-state index in [-0.39, 0.29) is 6.10 Å². The Kier molecular flexibility index (Phi) is 3.85. The van der Waals surface area contributed by atoms with E-state index in [0.29, 0.717) is 6.54 Å². The molecule has 23 heavy (non-hydrogen) atoms. The van der Waals surface area contributed by atoms with Gasteiger partial charge in [0.05, 0.1) is 18.9 Å². The molecule has 4 rings (SSSR count). The molecule has 6 heteroatoms. The van der Waals surface area contributed by atoms with Crippen LogP contribution in [0.1, 0.15) is 5.56 Å². The number of anilines is 1. The van der Waals surface area contributed by atoms with Crippen LogP contribution in [0.2, 0.25) is 0 Å². The third kappa shape index (κ3) is 2.75. The van der Waals surface area contributed by atoms with E-state index in [9.17, 15) is 0 Å². The summed E-state index contributed by atoms with van der Waals surface area (Å²) in [6.45, 7) is 3.71. The Bertz CT molecular complexity index is 701. The molecule has 1 aromatic heterocycles. The van der Waals surface area contributed by atoms with Crippen molar-refractivity contribution in [2.45, 2.75) is 12.5 Å². The van der Waals surface area contributed by atoms with Crippen LogP contribution in [-0.2, 0) is 11.2 Å². The molecule has 0 aliphatic carbocycles. The minimum atomic E-state index is 0.0618. The summed E-state index contributed by atoms with van der Waals surface area (Å²) in [6.07, 6.45) is 2.54. The second kappa shape index (κ2) is 6.14. The number of nitrogens with zero attached hydrogens (tertiary/aromatic N) is 3. The van der Waals surface area contributed by atoms with Crippen molar-refractivity contribution >= 4 is 5.82 Å². The maximum Gasteiger partial charge on any atom is 0.132 e. The number of hydrogen-bond acceptors (Lipinski definition) is 6. The van der Waals surface area contributed by atoms with Crippen LogP contribution in [-0.4, -0.2) is 48.9 Å². The predicted octanol–water partition coefficient (Wildman–Crippen LogP) is 1.24. The molecular formula is C17H20N4O2.